The van der Waals surface area contributed by atoms with E-state index in [1.165, 1.54) is 56.8 Å². The minimum atomic E-state index is -4.68. The van der Waals surface area contributed by atoms with Crippen LogP contribution in [0.2, 0.25) is 0 Å². The Bertz CT molecular complexity index is 1880. The number of piperidine rings is 2. The number of ether oxygens (including phenoxy) is 3. The largest absolute Gasteiger partial charge is 0.497 e. The normalized spacial score (nSPS) is 20.0. The highest BCUT2D eigenvalue weighted by atomic mass is 32.2. The Morgan fingerprint density at radius 1 is 1.04 bits per heavy atom. The number of carbonyl (C=O) groups is 2. The van der Waals surface area contributed by atoms with Crippen LogP contribution in [0, 0.1) is 23.2 Å². The third-order valence-corrected chi connectivity index (χ3v) is 11.5. The van der Waals surface area contributed by atoms with Crippen LogP contribution in [-0.2, 0) is 20.4 Å². The van der Waals surface area contributed by atoms with E-state index in [2.05, 4.69) is 21.7 Å². The van der Waals surface area contributed by atoms with Gasteiger partial charge in [0.2, 0.25) is 5.88 Å². The summed E-state index contributed by atoms with van der Waals surface area (Å²) in [4.78, 5) is 35.2. The lowest BCUT2D eigenvalue weighted by Crippen LogP contribution is -2.58. The molecule has 0 saturated carbocycles. The highest BCUT2D eigenvalue weighted by molar-refractivity contribution is 7.93. The predicted molar refractivity (Wildman–Crippen MR) is 180 cm³/mol. The van der Waals surface area contributed by atoms with E-state index >= 15 is 4.79 Å². The zero-order valence-electron chi connectivity index (χ0n) is 27.8. The van der Waals surface area contributed by atoms with Gasteiger partial charge in [0.05, 0.1) is 43.7 Å². The van der Waals surface area contributed by atoms with Gasteiger partial charge in [-0.25, -0.2) is 18.2 Å². The van der Waals surface area contributed by atoms with Gasteiger partial charge in [0.15, 0.2) is 5.54 Å². The number of nitrogens with zero attached hydrogens (tertiary/aromatic N) is 4. The van der Waals surface area contributed by atoms with E-state index < -0.39 is 27.5 Å². The average molecular weight is 689 g/mol. The molecule has 258 valence electrons. The number of rotatable bonds is 9. The van der Waals surface area contributed by atoms with Crippen LogP contribution in [0.4, 0.5) is 10.5 Å². The SMILES string of the molecule is CCOc1ncccc1C1(NC(=O)N2CCC(C3CCNCC3)CC2)C(=O)N(S(=O)(=O)c2ccc(OC)cc2OC)c2ccc(C#N)cc21. The minimum absolute atomic E-state index is 0.0295. The predicted octanol–water partition coefficient (Wildman–Crippen LogP) is 3.77. The number of benzene rings is 2. The number of urea groups is 1. The summed E-state index contributed by atoms with van der Waals surface area (Å²) in [7, 11) is -1.93. The quantitative estimate of drug-likeness (QED) is 0.338. The number of hydrogen-bond acceptors (Lipinski definition) is 10. The fraction of sp³-hybridized carbons (Fsp3) is 0.429. The molecule has 2 aromatic carbocycles. The van der Waals surface area contributed by atoms with Crippen molar-refractivity contribution in [2.24, 2.45) is 11.8 Å². The highest BCUT2D eigenvalue weighted by Crippen LogP contribution is 2.50. The number of anilines is 1. The van der Waals surface area contributed by atoms with Crippen LogP contribution in [0.25, 0.3) is 0 Å². The molecule has 2 fully saturated rings. The number of carbonyl (C=O) groups excluding carboxylic acids is 2. The standard InChI is InChI=1S/C35H40N6O7S/c1-4-48-32-27(6-5-15-38-32)35(39-34(43)40-18-13-25(14-19-40)24-11-16-37-17-12-24)28-20-23(22-36)7-9-29(28)41(33(35)42)49(44,45)31-10-8-26(46-2)21-30(31)47-3/h5-10,15,20-21,24-25,37H,4,11-14,16-19H2,1-3H3,(H,39,43). The maximum Gasteiger partial charge on any atom is 0.318 e. The molecule has 3 aliphatic heterocycles. The van der Waals surface area contributed by atoms with Crippen molar-refractivity contribution in [2.75, 3.05) is 51.3 Å². The Labute approximate surface area is 286 Å². The first-order valence-electron chi connectivity index (χ1n) is 16.4. The second-order valence-electron chi connectivity index (χ2n) is 12.3. The summed E-state index contributed by atoms with van der Waals surface area (Å²) >= 11 is 0. The van der Waals surface area contributed by atoms with Crippen LogP contribution in [0.3, 0.4) is 0 Å². The molecule has 4 heterocycles. The van der Waals surface area contributed by atoms with E-state index in [1.54, 1.807) is 24.0 Å². The third-order valence-electron chi connectivity index (χ3n) is 9.77. The molecule has 0 bridgehead atoms. The zero-order chi connectivity index (χ0) is 34.8. The lowest BCUT2D eigenvalue weighted by Gasteiger charge is -2.39. The van der Waals surface area contributed by atoms with E-state index in [1.807, 2.05) is 0 Å². The van der Waals surface area contributed by atoms with Crippen molar-refractivity contribution in [1.29, 1.82) is 5.26 Å². The fourth-order valence-electron chi connectivity index (χ4n) is 7.29. The lowest BCUT2D eigenvalue weighted by molar-refractivity contribution is -0.121. The first-order valence-corrected chi connectivity index (χ1v) is 17.9. The number of fused-ring (bicyclic) bond motifs is 1. The molecular formula is C35H40N6O7S. The van der Waals surface area contributed by atoms with Gasteiger partial charge in [-0.15, -0.1) is 0 Å². The number of hydrogen-bond donors (Lipinski definition) is 2. The zero-order valence-corrected chi connectivity index (χ0v) is 28.6. The molecule has 3 amide bonds. The molecule has 1 atom stereocenters. The number of sulfonamides is 1. The summed E-state index contributed by atoms with van der Waals surface area (Å²) in [5.74, 6) is 0.459. The van der Waals surface area contributed by atoms with Gasteiger partial charge >= 0.3 is 6.03 Å². The molecule has 1 unspecified atom stereocenters. The van der Waals surface area contributed by atoms with Gasteiger partial charge < -0.3 is 29.7 Å². The van der Waals surface area contributed by atoms with Crippen LogP contribution in [0.15, 0.2) is 59.6 Å². The molecule has 2 saturated heterocycles. The molecule has 1 aromatic heterocycles. The van der Waals surface area contributed by atoms with Gasteiger partial charge in [-0.1, -0.05) is 0 Å². The van der Waals surface area contributed by atoms with Crippen molar-refractivity contribution in [3.8, 4) is 23.4 Å². The monoisotopic (exact) mass is 688 g/mol. The van der Waals surface area contributed by atoms with Crippen molar-refractivity contribution in [2.45, 2.75) is 43.0 Å². The molecular weight excluding hydrogens is 648 g/mol. The van der Waals surface area contributed by atoms with Crippen LogP contribution < -0.4 is 29.1 Å². The summed E-state index contributed by atoms with van der Waals surface area (Å²) in [6, 6.07) is 13.1. The fourth-order valence-corrected chi connectivity index (χ4v) is 8.90. The number of likely N-dealkylation sites (tertiary alicyclic amines) is 1. The second kappa shape index (κ2) is 13.9. The number of methoxy groups -OCH3 is 2. The molecule has 14 heteroatoms. The Morgan fingerprint density at radius 2 is 1.78 bits per heavy atom. The van der Waals surface area contributed by atoms with E-state index in [9.17, 15) is 18.5 Å². The van der Waals surface area contributed by atoms with Gasteiger partial charge in [0.25, 0.3) is 15.9 Å². The Hall–Kier alpha value is -4.87. The maximum absolute atomic E-state index is 15.1. The minimum Gasteiger partial charge on any atom is -0.497 e. The molecule has 6 rings (SSSR count). The van der Waals surface area contributed by atoms with Crippen LogP contribution in [0.5, 0.6) is 17.4 Å². The van der Waals surface area contributed by atoms with Crippen molar-refractivity contribution in [3.05, 3.63) is 71.4 Å². The number of nitrogens with one attached hydrogen (secondary N) is 2. The van der Waals surface area contributed by atoms with Gasteiger partial charge in [0.1, 0.15) is 16.4 Å². The number of amides is 3. The summed E-state index contributed by atoms with van der Waals surface area (Å²) in [5.41, 5.74) is -1.76. The summed E-state index contributed by atoms with van der Waals surface area (Å²) in [6.07, 6.45) is 5.35. The van der Waals surface area contributed by atoms with E-state index in [4.69, 9.17) is 14.2 Å². The smallest absolute Gasteiger partial charge is 0.318 e. The lowest BCUT2D eigenvalue weighted by atomic mass is 9.79. The summed E-state index contributed by atoms with van der Waals surface area (Å²) in [6.45, 7) is 4.88. The Morgan fingerprint density at radius 3 is 2.45 bits per heavy atom. The molecule has 2 N–H and O–H groups in total. The third kappa shape index (κ3) is 6.02. The first kappa shape index (κ1) is 34.0. The van der Waals surface area contributed by atoms with Crippen molar-refractivity contribution >= 4 is 27.6 Å². The number of aromatic nitrogens is 1. The Balaban J connectivity index is 1.47. The molecule has 49 heavy (non-hydrogen) atoms. The summed E-state index contributed by atoms with van der Waals surface area (Å²) in [5, 5.41) is 16.3. The van der Waals surface area contributed by atoms with Gasteiger partial charge in [0, 0.05) is 30.9 Å². The molecule has 13 nitrogen and oxygen atoms in total. The number of pyridine rings is 1. The molecule has 3 aromatic rings. The summed E-state index contributed by atoms with van der Waals surface area (Å²) < 4.78 is 46.4. The topological polar surface area (TPSA) is 163 Å². The van der Waals surface area contributed by atoms with Gasteiger partial charge in [-0.2, -0.15) is 9.57 Å². The number of nitriles is 1. The van der Waals surface area contributed by atoms with E-state index in [0.717, 1.165) is 38.8 Å². The molecule has 0 radical (unpaired) electrons. The van der Waals surface area contributed by atoms with Crippen molar-refractivity contribution < 1.29 is 32.2 Å². The molecule has 3 aliphatic rings. The Kier molecular flexibility index (Phi) is 9.67. The van der Waals surface area contributed by atoms with Crippen LogP contribution >= 0.6 is 0 Å². The van der Waals surface area contributed by atoms with Crippen molar-refractivity contribution in [1.82, 2.24) is 20.5 Å². The van der Waals surface area contributed by atoms with Gasteiger partial charge in [-0.05, 0) is 100.0 Å². The van der Waals surface area contributed by atoms with Crippen LogP contribution in [-0.4, -0.2) is 77.2 Å². The van der Waals surface area contributed by atoms with Gasteiger partial charge in [-0.3, -0.25) is 4.79 Å². The highest BCUT2D eigenvalue weighted by Gasteiger charge is 2.59. The van der Waals surface area contributed by atoms with E-state index in [-0.39, 0.29) is 45.5 Å². The van der Waals surface area contributed by atoms with Crippen LogP contribution in [0.1, 0.15) is 49.3 Å². The molecule has 0 aliphatic carbocycles. The maximum atomic E-state index is 15.1. The second-order valence-corrected chi connectivity index (χ2v) is 14.1. The first-order chi connectivity index (χ1) is 23.7. The van der Waals surface area contributed by atoms with Crippen molar-refractivity contribution in [3.63, 3.8) is 0 Å². The van der Waals surface area contributed by atoms with E-state index in [0.29, 0.717) is 35.0 Å². The average Bonchev–Trinajstić information content (AvgIpc) is 3.39. The molecule has 0 spiro atoms.